The fourth-order valence-corrected chi connectivity index (χ4v) is 5.61. The molecule has 3 aliphatic heterocycles. The first-order chi connectivity index (χ1) is 18.4. The number of likely N-dealkylation sites (tertiary alicyclic amines) is 1. The number of nitriles is 1. The topological polar surface area (TPSA) is 97.6 Å². The minimum Gasteiger partial charge on any atom is -0.329 e. The third-order valence-electron chi connectivity index (χ3n) is 7.54. The maximum atomic E-state index is 14.5. The second-order valence-corrected chi connectivity index (χ2v) is 9.55. The number of alkyl halides is 9. The maximum absolute atomic E-state index is 14.5. The molecule has 1 aromatic heterocycles. The van der Waals surface area contributed by atoms with Crippen molar-refractivity contribution in [3.63, 3.8) is 0 Å². The van der Waals surface area contributed by atoms with Gasteiger partial charge in [-0.1, -0.05) is 6.92 Å². The maximum Gasteiger partial charge on any atom is 0.460 e. The van der Waals surface area contributed by atoms with Gasteiger partial charge in [0.1, 0.15) is 12.1 Å². The zero-order valence-corrected chi connectivity index (χ0v) is 19.8. The molecular formula is C23H14F9N5O3. The summed E-state index contributed by atoms with van der Waals surface area (Å²) in [5.74, 6) is -26.1. The summed E-state index contributed by atoms with van der Waals surface area (Å²) in [5.41, 5.74) is 0.122. The average molecular weight is 579 g/mol. The van der Waals surface area contributed by atoms with Crippen molar-refractivity contribution >= 4 is 34.4 Å². The number of pyridine rings is 1. The standard InChI is InChI=1S/C23H14F9N5O3/c1-9-13-8-35(18(39)20(24,25)21(26,27)22(28,29)23(30,31)32)15(9)16-17(38)37(19(40)36(13)16)12-5-4-10(7-33)14-11(12)3-2-6-34-14/h2-6,9,13,15-16H,8H2,1H3/t9-,13?,15?,16-/m0/s1. The van der Waals surface area contributed by atoms with E-state index in [9.17, 15) is 59.2 Å². The number of hydrogen-bond donors (Lipinski definition) is 0. The summed E-state index contributed by atoms with van der Waals surface area (Å²) in [6.45, 7) is 0.362. The zero-order valence-electron chi connectivity index (χ0n) is 19.8. The number of rotatable bonds is 4. The monoisotopic (exact) mass is 579 g/mol. The van der Waals surface area contributed by atoms with E-state index in [0.717, 1.165) is 4.90 Å². The molecule has 2 bridgehead atoms. The molecule has 2 unspecified atom stereocenters. The van der Waals surface area contributed by atoms with Gasteiger partial charge in [0.2, 0.25) is 0 Å². The van der Waals surface area contributed by atoms with Crippen molar-refractivity contribution in [2.75, 3.05) is 11.4 Å². The van der Waals surface area contributed by atoms with Crippen molar-refractivity contribution in [1.29, 1.82) is 5.26 Å². The Morgan fingerprint density at radius 3 is 2.27 bits per heavy atom. The third-order valence-corrected chi connectivity index (χ3v) is 7.54. The van der Waals surface area contributed by atoms with Gasteiger partial charge >= 0.3 is 30.0 Å². The van der Waals surface area contributed by atoms with Crippen LogP contribution < -0.4 is 4.90 Å². The molecule has 3 saturated heterocycles. The predicted molar refractivity (Wildman–Crippen MR) is 114 cm³/mol. The summed E-state index contributed by atoms with van der Waals surface area (Å²) < 4.78 is 121. The number of carbonyl (C=O) groups excluding carboxylic acids is 3. The van der Waals surface area contributed by atoms with Gasteiger partial charge < -0.3 is 9.80 Å². The van der Waals surface area contributed by atoms with Crippen LogP contribution in [0.15, 0.2) is 30.5 Å². The Bertz CT molecular complexity index is 1510. The van der Waals surface area contributed by atoms with E-state index in [1.807, 2.05) is 6.07 Å². The van der Waals surface area contributed by atoms with Crippen molar-refractivity contribution in [3.8, 4) is 6.07 Å². The highest BCUT2D eigenvalue weighted by Gasteiger charge is 2.85. The lowest BCUT2D eigenvalue weighted by atomic mass is 9.97. The third kappa shape index (κ3) is 3.21. The van der Waals surface area contributed by atoms with Gasteiger partial charge in [0.15, 0.2) is 0 Å². The smallest absolute Gasteiger partial charge is 0.329 e. The quantitative estimate of drug-likeness (QED) is 0.404. The minimum absolute atomic E-state index is 0.0377. The molecule has 212 valence electrons. The van der Waals surface area contributed by atoms with Crippen molar-refractivity contribution in [3.05, 3.63) is 36.0 Å². The van der Waals surface area contributed by atoms with E-state index in [1.54, 1.807) is 0 Å². The van der Waals surface area contributed by atoms with Crippen LogP contribution in [0, 0.1) is 17.2 Å². The van der Waals surface area contributed by atoms with Crippen molar-refractivity contribution in [2.45, 2.75) is 49.0 Å². The fraction of sp³-hybridized carbons (Fsp3) is 0.435. The van der Waals surface area contributed by atoms with Crippen LogP contribution in [0.3, 0.4) is 0 Å². The van der Waals surface area contributed by atoms with Crippen LogP contribution in [0.1, 0.15) is 12.5 Å². The van der Waals surface area contributed by atoms with Gasteiger partial charge in [-0.15, -0.1) is 0 Å². The number of imide groups is 1. The second-order valence-electron chi connectivity index (χ2n) is 9.55. The SMILES string of the molecule is C[C@@H]1C2[C@H]3C(=O)N(c4ccc(C#N)c5ncccc45)C(=O)N3C1CN2C(=O)C(F)(F)C(F)(F)C(F)(F)C(F)(F)F. The number of piperazine rings is 1. The first-order valence-corrected chi connectivity index (χ1v) is 11.4. The lowest BCUT2D eigenvalue weighted by Crippen LogP contribution is -2.67. The van der Waals surface area contributed by atoms with Gasteiger partial charge in [0.25, 0.3) is 11.8 Å². The number of anilines is 1. The Morgan fingerprint density at radius 2 is 1.68 bits per heavy atom. The average Bonchev–Trinajstić information content (AvgIpc) is 3.46. The van der Waals surface area contributed by atoms with Gasteiger partial charge in [-0.3, -0.25) is 14.6 Å². The van der Waals surface area contributed by atoms with Crippen LogP contribution >= 0.6 is 0 Å². The van der Waals surface area contributed by atoms with Crippen LogP contribution in [0.4, 0.5) is 50.0 Å². The van der Waals surface area contributed by atoms with E-state index < -0.39 is 72.4 Å². The van der Waals surface area contributed by atoms with E-state index in [-0.39, 0.29) is 27.1 Å². The first-order valence-electron chi connectivity index (χ1n) is 11.4. The number of fused-ring (bicyclic) bond motifs is 6. The van der Waals surface area contributed by atoms with Gasteiger partial charge in [0.05, 0.1) is 28.9 Å². The molecule has 4 amide bonds. The zero-order chi connectivity index (χ0) is 29.7. The molecule has 0 saturated carbocycles. The van der Waals surface area contributed by atoms with Gasteiger partial charge in [-0.25, -0.2) is 9.69 Å². The fourth-order valence-electron chi connectivity index (χ4n) is 5.61. The highest BCUT2D eigenvalue weighted by molar-refractivity contribution is 6.25. The molecule has 3 fully saturated rings. The number of halogens is 9. The Labute approximate surface area is 217 Å². The largest absolute Gasteiger partial charge is 0.460 e. The second kappa shape index (κ2) is 8.21. The Hall–Kier alpha value is -4.10. The van der Waals surface area contributed by atoms with Crippen LogP contribution in [0.5, 0.6) is 0 Å². The molecule has 5 rings (SSSR count). The van der Waals surface area contributed by atoms with Gasteiger partial charge in [-0.2, -0.15) is 44.8 Å². The summed E-state index contributed by atoms with van der Waals surface area (Å²) in [6, 6.07) is 1.58. The molecule has 0 N–H and O–H groups in total. The predicted octanol–water partition coefficient (Wildman–Crippen LogP) is 3.94. The van der Waals surface area contributed by atoms with Crippen LogP contribution in [0.2, 0.25) is 0 Å². The molecular weight excluding hydrogens is 565 g/mol. The van der Waals surface area contributed by atoms with Crippen LogP contribution in [0.25, 0.3) is 10.9 Å². The molecule has 0 spiro atoms. The van der Waals surface area contributed by atoms with Crippen molar-refractivity contribution in [2.24, 2.45) is 5.92 Å². The summed E-state index contributed by atoms with van der Waals surface area (Å²) in [5, 5.41) is 9.49. The summed E-state index contributed by atoms with van der Waals surface area (Å²) in [6.07, 6.45) is -5.77. The Morgan fingerprint density at radius 1 is 1.02 bits per heavy atom. The molecule has 4 atom stereocenters. The van der Waals surface area contributed by atoms with E-state index in [2.05, 4.69) is 4.98 Å². The molecule has 17 heteroatoms. The number of hydrogen-bond acceptors (Lipinski definition) is 5. The van der Waals surface area contributed by atoms with E-state index in [4.69, 9.17) is 0 Å². The Kier molecular flexibility index (Phi) is 5.64. The van der Waals surface area contributed by atoms with E-state index in [0.29, 0.717) is 4.90 Å². The summed E-state index contributed by atoms with van der Waals surface area (Å²) >= 11 is 0. The lowest BCUT2D eigenvalue weighted by Gasteiger charge is -2.39. The minimum atomic E-state index is -7.27. The normalized spacial score (nSPS) is 25.2. The molecule has 0 aliphatic carbocycles. The van der Waals surface area contributed by atoms with E-state index in [1.165, 1.54) is 37.4 Å². The van der Waals surface area contributed by atoms with Gasteiger partial charge in [0, 0.05) is 24.0 Å². The summed E-state index contributed by atoms with van der Waals surface area (Å²) in [4.78, 5) is 44.9. The molecule has 8 nitrogen and oxygen atoms in total. The molecule has 2 aromatic rings. The lowest BCUT2D eigenvalue weighted by molar-refractivity contribution is -0.389. The molecule has 3 aliphatic rings. The molecule has 40 heavy (non-hydrogen) atoms. The number of carbonyl (C=O) groups is 3. The first kappa shape index (κ1) is 27.5. The molecule has 0 radical (unpaired) electrons. The number of benzene rings is 1. The molecule has 1 aromatic carbocycles. The number of amides is 4. The van der Waals surface area contributed by atoms with Crippen molar-refractivity contribution in [1.82, 2.24) is 14.8 Å². The van der Waals surface area contributed by atoms with Crippen molar-refractivity contribution < 1.29 is 53.9 Å². The highest BCUT2D eigenvalue weighted by atomic mass is 19.4. The van der Waals surface area contributed by atoms with Crippen LogP contribution in [-0.2, 0) is 9.59 Å². The molecule has 4 heterocycles. The highest BCUT2D eigenvalue weighted by Crippen LogP contribution is 2.55. The van der Waals surface area contributed by atoms with Crippen LogP contribution in [-0.4, -0.2) is 81.2 Å². The number of urea groups is 1. The summed E-state index contributed by atoms with van der Waals surface area (Å²) in [7, 11) is 0. The number of aromatic nitrogens is 1. The van der Waals surface area contributed by atoms with E-state index >= 15 is 0 Å². The Balaban J connectivity index is 1.51. The van der Waals surface area contributed by atoms with Gasteiger partial charge in [-0.05, 0) is 24.3 Å². The number of nitrogens with zero attached hydrogens (tertiary/aromatic N) is 5.